The lowest BCUT2D eigenvalue weighted by molar-refractivity contribution is -0.136. The van der Waals surface area contributed by atoms with Crippen LogP contribution in [0.5, 0.6) is 11.5 Å². The fourth-order valence-corrected chi connectivity index (χ4v) is 2.66. The predicted molar refractivity (Wildman–Crippen MR) is 104 cm³/mol. The van der Waals surface area contributed by atoms with Gasteiger partial charge in [-0.15, -0.1) is 0 Å². The van der Waals surface area contributed by atoms with E-state index < -0.39 is 23.2 Å². The van der Waals surface area contributed by atoms with Crippen LogP contribution in [0.15, 0.2) is 59.4 Å². The number of aromatic nitrogens is 2. The molecule has 3 N–H and O–H groups in total. The number of amides is 1. The Hall–Kier alpha value is -4.14. The lowest BCUT2D eigenvalue weighted by Gasteiger charge is -2.12. The molecule has 29 heavy (non-hydrogen) atoms. The van der Waals surface area contributed by atoms with Crippen molar-refractivity contribution >= 4 is 17.6 Å². The van der Waals surface area contributed by atoms with E-state index in [0.717, 1.165) is 10.7 Å². The molecule has 0 radical (unpaired) electrons. The number of carbonyl (C=O) groups excluding carboxylic acids is 1. The standard InChI is InChI=1S/C20H17N3O6/c1-29-16-5-3-2-4-14(16)23-17(25)11-15(24)19(22-23)20(28)21-13-8-6-12(7-9-13)10-18(26)27/h2-9,11,24H,10H2,1H3,(H,21,28)(H,26,27). The molecule has 1 amide bonds. The van der Waals surface area contributed by atoms with Gasteiger partial charge in [0.2, 0.25) is 0 Å². The molecule has 3 aromatic rings. The molecule has 0 unspecified atom stereocenters. The summed E-state index contributed by atoms with van der Waals surface area (Å²) in [4.78, 5) is 35.6. The van der Waals surface area contributed by atoms with Crippen molar-refractivity contribution < 1.29 is 24.5 Å². The van der Waals surface area contributed by atoms with Crippen molar-refractivity contribution in [1.82, 2.24) is 9.78 Å². The van der Waals surface area contributed by atoms with Crippen LogP contribution in [0.2, 0.25) is 0 Å². The molecule has 2 aromatic carbocycles. The van der Waals surface area contributed by atoms with Crippen LogP contribution in [-0.2, 0) is 11.2 Å². The lowest BCUT2D eigenvalue weighted by atomic mass is 10.1. The van der Waals surface area contributed by atoms with Crippen LogP contribution in [-0.4, -0.2) is 39.0 Å². The molecule has 0 atom stereocenters. The SMILES string of the molecule is COc1ccccc1-n1nc(C(=O)Nc2ccc(CC(=O)O)cc2)c(O)cc1=O. The fraction of sp³-hybridized carbons (Fsp3) is 0.100. The molecule has 1 aromatic heterocycles. The van der Waals surface area contributed by atoms with E-state index in [1.54, 1.807) is 36.4 Å². The number of carbonyl (C=O) groups is 2. The number of anilines is 1. The van der Waals surface area contributed by atoms with E-state index >= 15 is 0 Å². The molecule has 9 heteroatoms. The summed E-state index contributed by atoms with van der Waals surface area (Å²) in [6.07, 6.45) is -0.138. The molecule has 0 saturated carbocycles. The third-order valence-electron chi connectivity index (χ3n) is 4.01. The Bertz CT molecular complexity index is 1120. The average molecular weight is 395 g/mol. The van der Waals surface area contributed by atoms with Crippen LogP contribution in [0.25, 0.3) is 5.69 Å². The highest BCUT2D eigenvalue weighted by Crippen LogP contribution is 2.22. The largest absolute Gasteiger partial charge is 0.505 e. The molecule has 0 aliphatic heterocycles. The summed E-state index contributed by atoms with van der Waals surface area (Å²) < 4.78 is 6.18. The fourth-order valence-electron chi connectivity index (χ4n) is 2.66. The van der Waals surface area contributed by atoms with Crippen LogP contribution in [0.1, 0.15) is 16.1 Å². The topological polar surface area (TPSA) is 131 Å². The molecular formula is C20H17N3O6. The molecule has 0 aliphatic rings. The number of rotatable bonds is 6. The minimum Gasteiger partial charge on any atom is -0.505 e. The van der Waals surface area contributed by atoms with Gasteiger partial charge in [-0.25, -0.2) is 0 Å². The van der Waals surface area contributed by atoms with E-state index in [-0.39, 0.29) is 12.1 Å². The maximum Gasteiger partial charge on any atom is 0.307 e. The zero-order valence-corrected chi connectivity index (χ0v) is 15.3. The van der Waals surface area contributed by atoms with Gasteiger partial charge < -0.3 is 20.3 Å². The quantitative estimate of drug-likeness (QED) is 0.580. The van der Waals surface area contributed by atoms with Crippen LogP contribution < -0.4 is 15.6 Å². The number of carboxylic acids is 1. The summed E-state index contributed by atoms with van der Waals surface area (Å²) in [5, 5.41) is 25.4. The maximum atomic E-state index is 12.6. The van der Waals surface area contributed by atoms with Gasteiger partial charge in [-0.2, -0.15) is 9.78 Å². The van der Waals surface area contributed by atoms with E-state index in [2.05, 4.69) is 10.4 Å². The lowest BCUT2D eigenvalue weighted by Crippen LogP contribution is -2.25. The third kappa shape index (κ3) is 4.41. The monoisotopic (exact) mass is 395 g/mol. The zero-order valence-electron chi connectivity index (χ0n) is 15.3. The minimum atomic E-state index is -0.963. The highest BCUT2D eigenvalue weighted by atomic mass is 16.5. The predicted octanol–water partition coefficient (Wildman–Crippen LogP) is 1.83. The van der Waals surface area contributed by atoms with Gasteiger partial charge in [0.05, 0.1) is 13.5 Å². The second kappa shape index (κ2) is 8.26. The highest BCUT2D eigenvalue weighted by molar-refractivity contribution is 6.04. The summed E-state index contributed by atoms with van der Waals surface area (Å²) in [7, 11) is 1.44. The number of ether oxygens (including phenoxy) is 1. The average Bonchev–Trinajstić information content (AvgIpc) is 2.69. The van der Waals surface area contributed by atoms with Crippen molar-refractivity contribution in [3.63, 3.8) is 0 Å². The first-order chi connectivity index (χ1) is 13.9. The Morgan fingerprint density at radius 1 is 1.14 bits per heavy atom. The van der Waals surface area contributed by atoms with E-state index in [4.69, 9.17) is 9.84 Å². The van der Waals surface area contributed by atoms with Gasteiger partial charge in [-0.1, -0.05) is 24.3 Å². The van der Waals surface area contributed by atoms with Gasteiger partial charge in [-0.3, -0.25) is 14.4 Å². The number of hydrogen-bond donors (Lipinski definition) is 3. The van der Waals surface area contributed by atoms with Crippen molar-refractivity contribution in [2.75, 3.05) is 12.4 Å². The van der Waals surface area contributed by atoms with E-state index in [9.17, 15) is 19.5 Å². The second-order valence-corrected chi connectivity index (χ2v) is 6.02. The summed E-state index contributed by atoms with van der Waals surface area (Å²) in [5.74, 6) is -1.90. The first kappa shape index (κ1) is 19.6. The van der Waals surface area contributed by atoms with E-state index in [1.807, 2.05) is 0 Å². The molecule has 0 fully saturated rings. The Kier molecular flexibility index (Phi) is 5.59. The maximum absolute atomic E-state index is 12.6. The molecule has 0 saturated heterocycles. The molecular weight excluding hydrogens is 378 g/mol. The molecule has 0 spiro atoms. The molecule has 3 rings (SSSR count). The van der Waals surface area contributed by atoms with Crippen molar-refractivity contribution in [2.24, 2.45) is 0 Å². The van der Waals surface area contributed by atoms with Gasteiger partial charge >= 0.3 is 5.97 Å². The zero-order chi connectivity index (χ0) is 21.0. The molecule has 0 bridgehead atoms. The highest BCUT2D eigenvalue weighted by Gasteiger charge is 2.18. The van der Waals surface area contributed by atoms with Crippen LogP contribution in [0, 0.1) is 0 Å². The Morgan fingerprint density at radius 2 is 1.83 bits per heavy atom. The number of hydrogen-bond acceptors (Lipinski definition) is 6. The smallest absolute Gasteiger partial charge is 0.307 e. The number of carboxylic acid groups (broad SMARTS) is 1. The Morgan fingerprint density at radius 3 is 2.48 bits per heavy atom. The Labute approximate surface area is 164 Å². The number of methoxy groups -OCH3 is 1. The van der Waals surface area contributed by atoms with E-state index in [1.165, 1.54) is 19.2 Å². The first-order valence-corrected chi connectivity index (χ1v) is 8.48. The van der Waals surface area contributed by atoms with Gasteiger partial charge in [0.1, 0.15) is 11.4 Å². The van der Waals surface area contributed by atoms with Gasteiger partial charge in [0.15, 0.2) is 11.4 Å². The van der Waals surface area contributed by atoms with Crippen LogP contribution in [0.3, 0.4) is 0 Å². The number of para-hydroxylation sites is 2. The van der Waals surface area contributed by atoms with Gasteiger partial charge in [0.25, 0.3) is 11.5 Å². The van der Waals surface area contributed by atoms with Gasteiger partial charge in [-0.05, 0) is 29.8 Å². The molecule has 148 valence electrons. The molecule has 9 nitrogen and oxygen atoms in total. The summed E-state index contributed by atoms with van der Waals surface area (Å²) in [5.41, 5.74) is 0.264. The first-order valence-electron chi connectivity index (χ1n) is 8.48. The number of benzene rings is 2. The van der Waals surface area contributed by atoms with E-state index in [0.29, 0.717) is 22.7 Å². The minimum absolute atomic E-state index is 0.138. The third-order valence-corrected chi connectivity index (χ3v) is 4.01. The van der Waals surface area contributed by atoms with Crippen molar-refractivity contribution in [1.29, 1.82) is 0 Å². The number of nitrogens with one attached hydrogen (secondary N) is 1. The molecule has 1 heterocycles. The second-order valence-electron chi connectivity index (χ2n) is 6.02. The van der Waals surface area contributed by atoms with Crippen molar-refractivity contribution in [2.45, 2.75) is 6.42 Å². The number of aliphatic carboxylic acids is 1. The number of nitrogens with zero attached hydrogens (tertiary/aromatic N) is 2. The number of aromatic hydroxyl groups is 1. The molecule has 0 aliphatic carbocycles. The summed E-state index contributed by atoms with van der Waals surface area (Å²) in [6.45, 7) is 0. The van der Waals surface area contributed by atoms with Crippen LogP contribution in [0.4, 0.5) is 5.69 Å². The van der Waals surface area contributed by atoms with Crippen LogP contribution >= 0.6 is 0 Å². The van der Waals surface area contributed by atoms with Crippen molar-refractivity contribution in [3.05, 3.63) is 76.2 Å². The summed E-state index contributed by atoms with van der Waals surface area (Å²) in [6, 6.07) is 13.7. The van der Waals surface area contributed by atoms with Crippen molar-refractivity contribution in [3.8, 4) is 17.2 Å². The van der Waals surface area contributed by atoms with Gasteiger partial charge in [0, 0.05) is 11.8 Å². The Balaban J connectivity index is 1.91. The summed E-state index contributed by atoms with van der Waals surface area (Å²) >= 11 is 0. The normalized spacial score (nSPS) is 10.4.